The highest BCUT2D eigenvalue weighted by molar-refractivity contribution is 5.86. The second-order valence-electron chi connectivity index (χ2n) is 6.93. The van der Waals surface area contributed by atoms with E-state index in [0.29, 0.717) is 19.6 Å². The third-order valence-electron chi connectivity index (χ3n) is 4.73. The van der Waals surface area contributed by atoms with Gasteiger partial charge in [-0.2, -0.15) is 0 Å². The van der Waals surface area contributed by atoms with Crippen molar-refractivity contribution in [3.05, 3.63) is 66.8 Å². The molecule has 0 N–H and O–H groups in total. The highest BCUT2D eigenvalue weighted by Crippen LogP contribution is 2.31. The van der Waals surface area contributed by atoms with Gasteiger partial charge in [0.05, 0.1) is 6.61 Å². The molecule has 6 heteroatoms. The maximum atomic E-state index is 12.7. The van der Waals surface area contributed by atoms with Gasteiger partial charge in [-0.25, -0.2) is 9.59 Å². The predicted octanol–water partition coefficient (Wildman–Crippen LogP) is 4.22. The Balaban J connectivity index is 1.85. The van der Waals surface area contributed by atoms with Gasteiger partial charge in [0, 0.05) is 26.2 Å². The monoisotopic (exact) mass is 414 g/mol. The van der Waals surface area contributed by atoms with Gasteiger partial charge in [0.1, 0.15) is 0 Å². The molecular formula is C24H30O6. The Morgan fingerprint density at radius 1 is 1.07 bits per heavy atom. The first-order chi connectivity index (χ1) is 14.6. The van der Waals surface area contributed by atoms with Gasteiger partial charge in [-0.3, -0.25) is 0 Å². The predicted molar refractivity (Wildman–Crippen MR) is 114 cm³/mol. The van der Waals surface area contributed by atoms with E-state index in [2.05, 4.69) is 6.58 Å². The lowest BCUT2D eigenvalue weighted by atomic mass is 9.89. The molecule has 0 fully saturated rings. The number of ether oxygens (including phenoxy) is 4. The molecule has 0 bridgehead atoms. The molecule has 30 heavy (non-hydrogen) atoms. The van der Waals surface area contributed by atoms with E-state index in [9.17, 15) is 9.59 Å². The van der Waals surface area contributed by atoms with Gasteiger partial charge in [0.25, 0.3) is 0 Å². The molecule has 0 aromatic heterocycles. The maximum absolute atomic E-state index is 12.7. The van der Waals surface area contributed by atoms with Crippen molar-refractivity contribution in [1.29, 1.82) is 0 Å². The topological polar surface area (TPSA) is 71.1 Å². The fourth-order valence-electron chi connectivity index (χ4n) is 3.06. The molecule has 162 valence electrons. The zero-order valence-electron chi connectivity index (χ0n) is 17.5. The number of carbonyl (C=O) groups excluding carboxylic acids is 2. The van der Waals surface area contributed by atoms with Crippen LogP contribution in [0.1, 0.15) is 37.7 Å². The van der Waals surface area contributed by atoms with Crippen molar-refractivity contribution in [3.8, 4) is 0 Å². The zero-order valence-corrected chi connectivity index (χ0v) is 17.5. The minimum Gasteiger partial charge on any atom is -0.463 e. The fourth-order valence-corrected chi connectivity index (χ4v) is 3.06. The molecule has 0 aliphatic heterocycles. The Kier molecular flexibility index (Phi) is 10.0. The molecule has 0 saturated carbocycles. The number of carbonyl (C=O) groups is 2. The van der Waals surface area contributed by atoms with E-state index >= 15 is 0 Å². The lowest BCUT2D eigenvalue weighted by molar-refractivity contribution is -0.176. The Labute approximate surface area is 178 Å². The third kappa shape index (κ3) is 7.28. The van der Waals surface area contributed by atoms with Crippen molar-refractivity contribution < 1.29 is 28.5 Å². The van der Waals surface area contributed by atoms with Crippen LogP contribution in [0.4, 0.5) is 0 Å². The second kappa shape index (κ2) is 12.8. The number of unbranched alkanes of at least 4 members (excludes halogenated alkanes) is 3. The maximum Gasteiger partial charge on any atom is 0.344 e. The highest BCUT2D eigenvalue weighted by atomic mass is 16.7. The Bertz CT molecular complexity index is 752. The Morgan fingerprint density at radius 2 is 1.80 bits per heavy atom. The molecule has 0 amide bonds. The first kappa shape index (κ1) is 23.6. The highest BCUT2D eigenvalue weighted by Gasteiger charge is 2.39. The summed E-state index contributed by atoms with van der Waals surface area (Å²) in [5, 5.41) is 0. The number of methoxy groups -OCH3 is 1. The molecule has 0 saturated heterocycles. The molecule has 1 aliphatic carbocycles. The summed E-state index contributed by atoms with van der Waals surface area (Å²) in [6.07, 6.45) is 10.6. The van der Waals surface area contributed by atoms with Gasteiger partial charge in [0.15, 0.2) is 12.4 Å². The smallest absolute Gasteiger partial charge is 0.344 e. The van der Waals surface area contributed by atoms with Crippen LogP contribution in [0.2, 0.25) is 0 Å². The molecule has 0 radical (unpaired) electrons. The fraction of sp³-hybridized carbons (Fsp3) is 0.417. The van der Waals surface area contributed by atoms with Crippen molar-refractivity contribution in [1.82, 2.24) is 0 Å². The third-order valence-corrected chi connectivity index (χ3v) is 4.73. The quantitative estimate of drug-likeness (QED) is 0.208. The number of hydrogen-bond acceptors (Lipinski definition) is 6. The minimum atomic E-state index is -1.14. The van der Waals surface area contributed by atoms with Crippen LogP contribution in [0.15, 0.2) is 61.2 Å². The first-order valence-corrected chi connectivity index (χ1v) is 10.2. The number of hydrogen-bond donors (Lipinski definition) is 0. The van der Waals surface area contributed by atoms with Crippen molar-refractivity contribution in [3.63, 3.8) is 0 Å². The zero-order chi connectivity index (χ0) is 21.7. The lowest BCUT2D eigenvalue weighted by Gasteiger charge is -2.30. The van der Waals surface area contributed by atoms with E-state index < -0.39 is 17.5 Å². The van der Waals surface area contributed by atoms with Crippen molar-refractivity contribution in [2.45, 2.75) is 37.7 Å². The van der Waals surface area contributed by atoms with E-state index in [0.717, 1.165) is 42.9 Å². The van der Waals surface area contributed by atoms with Crippen molar-refractivity contribution >= 4 is 17.5 Å². The van der Waals surface area contributed by atoms with Gasteiger partial charge < -0.3 is 18.9 Å². The lowest BCUT2D eigenvalue weighted by Crippen LogP contribution is -2.42. The van der Waals surface area contributed by atoms with E-state index in [4.69, 9.17) is 18.9 Å². The van der Waals surface area contributed by atoms with Gasteiger partial charge >= 0.3 is 11.9 Å². The molecule has 0 spiro atoms. The van der Waals surface area contributed by atoms with Crippen LogP contribution in [0, 0.1) is 0 Å². The van der Waals surface area contributed by atoms with E-state index in [-0.39, 0.29) is 6.79 Å². The molecule has 1 aliphatic rings. The largest absolute Gasteiger partial charge is 0.463 e. The van der Waals surface area contributed by atoms with Crippen LogP contribution in [-0.4, -0.2) is 44.7 Å². The van der Waals surface area contributed by atoms with E-state index in [1.54, 1.807) is 6.08 Å². The van der Waals surface area contributed by atoms with Crippen LogP contribution >= 0.6 is 0 Å². The standard InChI is InChI=1S/C24H30O6/c1-3-22(25)28-17-9-4-5-10-18-30-24(23(26)29-19-27-2)15-13-21(14-16-24)20-11-7-6-8-12-20/h3,6-8,11-15H,1,4-5,9-10,16-19H2,2H3. The van der Waals surface area contributed by atoms with Gasteiger partial charge in [-0.1, -0.05) is 55.5 Å². The second-order valence-corrected chi connectivity index (χ2v) is 6.93. The van der Waals surface area contributed by atoms with Crippen LogP contribution in [0.3, 0.4) is 0 Å². The van der Waals surface area contributed by atoms with Crippen molar-refractivity contribution in [2.75, 3.05) is 27.1 Å². The SMILES string of the molecule is C=CC(=O)OCCCCCCOC1(C(=O)OCOC)C=CC(c2ccccc2)=CC1. The molecule has 6 nitrogen and oxygen atoms in total. The summed E-state index contributed by atoms with van der Waals surface area (Å²) >= 11 is 0. The van der Waals surface area contributed by atoms with Gasteiger partial charge in [-0.15, -0.1) is 0 Å². The normalized spacial score (nSPS) is 17.8. The van der Waals surface area contributed by atoms with E-state index in [1.165, 1.54) is 7.11 Å². The molecule has 0 heterocycles. The molecule has 1 unspecified atom stereocenters. The average Bonchev–Trinajstić information content (AvgIpc) is 2.79. The summed E-state index contributed by atoms with van der Waals surface area (Å²) in [7, 11) is 1.47. The summed E-state index contributed by atoms with van der Waals surface area (Å²) in [5.41, 5.74) is 0.990. The Morgan fingerprint density at radius 3 is 2.43 bits per heavy atom. The first-order valence-electron chi connectivity index (χ1n) is 10.2. The summed E-state index contributed by atoms with van der Waals surface area (Å²) < 4.78 is 21.0. The van der Waals surface area contributed by atoms with E-state index in [1.807, 2.05) is 42.5 Å². The van der Waals surface area contributed by atoms with Gasteiger partial charge in [0.2, 0.25) is 0 Å². The van der Waals surface area contributed by atoms with Crippen molar-refractivity contribution in [2.24, 2.45) is 0 Å². The number of allylic oxidation sites excluding steroid dienone is 2. The molecular weight excluding hydrogens is 384 g/mol. The summed E-state index contributed by atoms with van der Waals surface area (Å²) in [6, 6.07) is 9.98. The summed E-state index contributed by atoms with van der Waals surface area (Å²) in [4.78, 5) is 23.6. The molecule has 1 aromatic carbocycles. The molecule has 1 aromatic rings. The number of benzene rings is 1. The Hall–Kier alpha value is -2.70. The van der Waals surface area contributed by atoms with Crippen LogP contribution < -0.4 is 0 Å². The minimum absolute atomic E-state index is 0.115. The van der Waals surface area contributed by atoms with Crippen LogP contribution in [0.5, 0.6) is 0 Å². The summed E-state index contributed by atoms with van der Waals surface area (Å²) in [6.45, 7) is 4.05. The average molecular weight is 414 g/mol. The molecule has 2 rings (SSSR count). The van der Waals surface area contributed by atoms with Crippen LogP contribution in [-0.2, 0) is 28.5 Å². The molecule has 1 atom stereocenters. The van der Waals surface area contributed by atoms with Crippen LogP contribution in [0.25, 0.3) is 5.57 Å². The summed E-state index contributed by atoms with van der Waals surface area (Å²) in [5.74, 6) is -0.859. The number of rotatable bonds is 13. The number of esters is 2. The van der Waals surface area contributed by atoms with Gasteiger partial charge in [-0.05, 0) is 36.5 Å².